The Morgan fingerprint density at radius 2 is 2.04 bits per heavy atom. The minimum Gasteiger partial charge on any atom is -0.493 e. The van der Waals surface area contributed by atoms with Gasteiger partial charge in [0.2, 0.25) is 0 Å². The standard InChI is InChI=1S/C20H22N4O2/c25-20(14-1-4-18-13(11-14)7-10-26-18)24-8-5-16-17(6-9-24)21-12-22-19(16)23-15-2-3-15/h1,4,11-12,15H,2-3,5-10H2,(H,21,22,23). The first-order valence-corrected chi connectivity index (χ1v) is 9.42. The predicted octanol–water partition coefficient (Wildman–Crippen LogP) is 2.23. The lowest BCUT2D eigenvalue weighted by Gasteiger charge is -2.20. The van der Waals surface area contributed by atoms with Crippen LogP contribution in [0.15, 0.2) is 24.5 Å². The summed E-state index contributed by atoms with van der Waals surface area (Å²) in [6, 6.07) is 6.35. The molecule has 0 atom stereocenters. The van der Waals surface area contributed by atoms with Crippen LogP contribution in [0.4, 0.5) is 5.82 Å². The van der Waals surface area contributed by atoms with Gasteiger partial charge in [-0.1, -0.05) is 0 Å². The lowest BCUT2D eigenvalue weighted by molar-refractivity contribution is 0.0763. The Morgan fingerprint density at radius 1 is 1.15 bits per heavy atom. The monoisotopic (exact) mass is 350 g/mol. The highest BCUT2D eigenvalue weighted by Crippen LogP contribution is 2.29. The number of carbonyl (C=O) groups is 1. The van der Waals surface area contributed by atoms with Gasteiger partial charge in [0.25, 0.3) is 5.91 Å². The number of nitrogens with one attached hydrogen (secondary N) is 1. The summed E-state index contributed by atoms with van der Waals surface area (Å²) in [6.07, 6.45) is 6.52. The first-order chi connectivity index (χ1) is 12.8. The summed E-state index contributed by atoms with van der Waals surface area (Å²) < 4.78 is 5.54. The van der Waals surface area contributed by atoms with Gasteiger partial charge in [-0.3, -0.25) is 4.79 Å². The Morgan fingerprint density at radius 3 is 2.92 bits per heavy atom. The Hall–Kier alpha value is -2.63. The van der Waals surface area contributed by atoms with E-state index in [1.54, 1.807) is 6.33 Å². The number of hydrogen-bond donors (Lipinski definition) is 1. The van der Waals surface area contributed by atoms with E-state index in [2.05, 4.69) is 15.3 Å². The van der Waals surface area contributed by atoms with Crippen LogP contribution in [0.1, 0.15) is 40.0 Å². The van der Waals surface area contributed by atoms with Crippen molar-refractivity contribution < 1.29 is 9.53 Å². The number of aromatic nitrogens is 2. The Labute approximate surface area is 152 Å². The minimum atomic E-state index is 0.0946. The number of benzene rings is 1. The normalized spacial score (nSPS) is 18.5. The maximum Gasteiger partial charge on any atom is 0.253 e. The fourth-order valence-corrected chi connectivity index (χ4v) is 3.78. The largest absolute Gasteiger partial charge is 0.493 e. The van der Waals surface area contributed by atoms with Gasteiger partial charge < -0.3 is 15.0 Å². The van der Waals surface area contributed by atoms with Crippen molar-refractivity contribution in [3.05, 3.63) is 46.9 Å². The van der Waals surface area contributed by atoms with Gasteiger partial charge >= 0.3 is 0 Å². The molecule has 0 bridgehead atoms. The molecule has 1 fully saturated rings. The van der Waals surface area contributed by atoms with Crippen LogP contribution < -0.4 is 10.1 Å². The summed E-state index contributed by atoms with van der Waals surface area (Å²) in [5.41, 5.74) is 4.14. The minimum absolute atomic E-state index is 0.0946. The molecule has 0 spiro atoms. The smallest absolute Gasteiger partial charge is 0.253 e. The van der Waals surface area contributed by atoms with Crippen LogP contribution in [0, 0.1) is 0 Å². The first kappa shape index (κ1) is 15.6. The van der Waals surface area contributed by atoms with Crippen LogP contribution in [0.2, 0.25) is 0 Å². The summed E-state index contributed by atoms with van der Waals surface area (Å²) >= 11 is 0. The molecule has 0 saturated heterocycles. The summed E-state index contributed by atoms with van der Waals surface area (Å²) in [5, 5.41) is 3.51. The highest BCUT2D eigenvalue weighted by molar-refractivity contribution is 5.94. The van der Waals surface area contributed by atoms with Gasteiger partial charge in [-0.05, 0) is 43.0 Å². The van der Waals surface area contributed by atoms with E-state index in [0.717, 1.165) is 47.7 Å². The van der Waals surface area contributed by atoms with Crippen LogP contribution >= 0.6 is 0 Å². The van der Waals surface area contributed by atoms with E-state index < -0.39 is 0 Å². The van der Waals surface area contributed by atoms with Gasteiger partial charge in [0.05, 0.1) is 12.3 Å². The van der Waals surface area contributed by atoms with Crippen molar-refractivity contribution in [3.63, 3.8) is 0 Å². The van der Waals surface area contributed by atoms with E-state index in [1.807, 2.05) is 23.1 Å². The molecule has 0 unspecified atom stereocenters. The average Bonchev–Trinajstić information content (AvgIpc) is 3.40. The molecule has 1 aromatic carbocycles. The van der Waals surface area contributed by atoms with E-state index >= 15 is 0 Å². The molecule has 134 valence electrons. The summed E-state index contributed by atoms with van der Waals surface area (Å²) in [7, 11) is 0. The van der Waals surface area contributed by atoms with E-state index in [4.69, 9.17) is 4.74 Å². The van der Waals surface area contributed by atoms with Crippen LogP contribution in [0.25, 0.3) is 0 Å². The summed E-state index contributed by atoms with van der Waals surface area (Å²) in [5.74, 6) is 1.97. The van der Waals surface area contributed by atoms with Crippen LogP contribution in [0.5, 0.6) is 5.75 Å². The van der Waals surface area contributed by atoms with Gasteiger partial charge in [0.15, 0.2) is 0 Å². The van der Waals surface area contributed by atoms with Crippen molar-refractivity contribution in [2.24, 2.45) is 0 Å². The molecule has 3 aliphatic rings. The molecule has 6 nitrogen and oxygen atoms in total. The predicted molar refractivity (Wildman–Crippen MR) is 97.6 cm³/mol. The molecule has 6 heteroatoms. The van der Waals surface area contributed by atoms with Crippen molar-refractivity contribution in [1.29, 1.82) is 0 Å². The molecule has 1 N–H and O–H groups in total. The molecular formula is C20H22N4O2. The van der Waals surface area contributed by atoms with Gasteiger partial charge in [0.1, 0.15) is 17.9 Å². The zero-order valence-corrected chi connectivity index (χ0v) is 14.7. The van der Waals surface area contributed by atoms with E-state index in [1.165, 1.54) is 18.4 Å². The van der Waals surface area contributed by atoms with Gasteiger partial charge in [-0.25, -0.2) is 9.97 Å². The number of fused-ring (bicyclic) bond motifs is 2. The molecule has 26 heavy (non-hydrogen) atoms. The quantitative estimate of drug-likeness (QED) is 0.919. The number of rotatable bonds is 3. The van der Waals surface area contributed by atoms with Crippen molar-refractivity contribution in [2.45, 2.75) is 38.1 Å². The van der Waals surface area contributed by atoms with Crippen molar-refractivity contribution in [1.82, 2.24) is 14.9 Å². The molecule has 0 radical (unpaired) electrons. The van der Waals surface area contributed by atoms with Gasteiger partial charge in [-0.2, -0.15) is 0 Å². The van der Waals surface area contributed by atoms with E-state index in [9.17, 15) is 4.79 Å². The lowest BCUT2D eigenvalue weighted by Crippen LogP contribution is -2.33. The summed E-state index contributed by atoms with van der Waals surface area (Å²) in [4.78, 5) is 23.9. The highest BCUT2D eigenvalue weighted by atomic mass is 16.5. The third kappa shape index (κ3) is 2.89. The number of amides is 1. The van der Waals surface area contributed by atoms with Gasteiger partial charge in [0, 0.05) is 43.1 Å². The van der Waals surface area contributed by atoms with Gasteiger partial charge in [-0.15, -0.1) is 0 Å². The second-order valence-corrected chi connectivity index (χ2v) is 7.28. The Bertz CT molecular complexity index is 863. The fraction of sp³-hybridized carbons (Fsp3) is 0.450. The number of hydrogen-bond acceptors (Lipinski definition) is 5. The maximum atomic E-state index is 13.0. The van der Waals surface area contributed by atoms with E-state index in [0.29, 0.717) is 25.7 Å². The third-order valence-corrected chi connectivity index (χ3v) is 5.43. The zero-order valence-electron chi connectivity index (χ0n) is 14.7. The summed E-state index contributed by atoms with van der Waals surface area (Å²) in [6.45, 7) is 2.10. The van der Waals surface area contributed by atoms with E-state index in [-0.39, 0.29) is 5.91 Å². The molecule has 3 heterocycles. The topological polar surface area (TPSA) is 67.3 Å². The number of carbonyl (C=O) groups excluding carboxylic acids is 1. The second-order valence-electron chi connectivity index (χ2n) is 7.28. The third-order valence-electron chi connectivity index (χ3n) is 5.43. The van der Waals surface area contributed by atoms with Crippen LogP contribution in [-0.2, 0) is 19.3 Å². The van der Waals surface area contributed by atoms with Crippen molar-refractivity contribution in [3.8, 4) is 5.75 Å². The lowest BCUT2D eigenvalue weighted by atomic mass is 10.1. The number of anilines is 1. The molecule has 1 aromatic heterocycles. The van der Waals surface area contributed by atoms with Crippen LogP contribution in [0.3, 0.4) is 0 Å². The average molecular weight is 350 g/mol. The number of nitrogens with zero attached hydrogens (tertiary/aromatic N) is 3. The fourth-order valence-electron chi connectivity index (χ4n) is 3.78. The molecule has 1 saturated carbocycles. The maximum absolute atomic E-state index is 13.0. The highest BCUT2D eigenvalue weighted by Gasteiger charge is 2.26. The zero-order chi connectivity index (χ0) is 17.5. The Balaban J connectivity index is 1.35. The van der Waals surface area contributed by atoms with Crippen molar-refractivity contribution >= 4 is 11.7 Å². The van der Waals surface area contributed by atoms with Crippen molar-refractivity contribution in [2.75, 3.05) is 25.0 Å². The molecule has 2 aliphatic heterocycles. The molecule has 5 rings (SSSR count). The molecule has 2 aromatic rings. The molecule has 1 aliphatic carbocycles. The van der Waals surface area contributed by atoms with Crippen LogP contribution in [-0.4, -0.2) is 46.5 Å². The second kappa shape index (κ2) is 6.27. The molecular weight excluding hydrogens is 328 g/mol. The number of ether oxygens (including phenoxy) is 1. The molecule has 1 amide bonds. The SMILES string of the molecule is O=C(c1ccc2c(c1)CCO2)N1CCc2ncnc(NC3CC3)c2CC1. The first-order valence-electron chi connectivity index (χ1n) is 9.42. The Kier molecular flexibility index (Phi) is 3.76.